The highest BCUT2D eigenvalue weighted by Gasteiger charge is 2.16. The van der Waals surface area contributed by atoms with Crippen molar-refractivity contribution in [1.29, 1.82) is 0 Å². The van der Waals surface area contributed by atoms with Gasteiger partial charge in [-0.25, -0.2) is 4.39 Å². The van der Waals surface area contributed by atoms with Gasteiger partial charge in [0, 0.05) is 11.4 Å². The number of hydrogen-bond donors (Lipinski definition) is 1. The number of nitrogens with one attached hydrogen (secondary N) is 1. The number of rotatable bonds is 6. The summed E-state index contributed by atoms with van der Waals surface area (Å²) < 4.78 is 22.6. The highest BCUT2D eigenvalue weighted by molar-refractivity contribution is 8.00. The summed E-state index contributed by atoms with van der Waals surface area (Å²) in [6, 6.07) is 17.6. The molecule has 0 aliphatic carbocycles. The summed E-state index contributed by atoms with van der Waals surface area (Å²) in [5.74, 6) is -0.647. The first-order chi connectivity index (χ1) is 13.5. The van der Waals surface area contributed by atoms with Crippen LogP contribution in [0.4, 0.5) is 10.1 Å². The SMILES string of the molecule is CCC(=O)Oc1c(Cl)cc(Cl)cc1SNc1cc(-c2ccccc2)ccc1F. The maximum Gasteiger partial charge on any atom is 0.310 e. The number of carbonyl (C=O) groups is 1. The molecule has 0 saturated carbocycles. The molecule has 3 aromatic carbocycles. The number of hydrogen-bond acceptors (Lipinski definition) is 4. The first-order valence-corrected chi connectivity index (χ1v) is 10.0. The predicted octanol–water partition coefficient (Wildman–Crippen LogP) is 7.23. The molecular weight excluding hydrogens is 420 g/mol. The van der Waals surface area contributed by atoms with Crippen molar-refractivity contribution in [3.8, 4) is 16.9 Å². The van der Waals surface area contributed by atoms with E-state index in [0.717, 1.165) is 23.1 Å². The zero-order valence-corrected chi connectivity index (χ0v) is 17.2. The van der Waals surface area contributed by atoms with Gasteiger partial charge in [-0.1, -0.05) is 66.5 Å². The van der Waals surface area contributed by atoms with Gasteiger partial charge in [0.25, 0.3) is 0 Å². The molecule has 1 N–H and O–H groups in total. The zero-order chi connectivity index (χ0) is 20.1. The minimum absolute atomic E-state index is 0.190. The van der Waals surface area contributed by atoms with E-state index >= 15 is 0 Å². The van der Waals surface area contributed by atoms with E-state index in [1.807, 2.05) is 30.3 Å². The fourth-order valence-corrected chi connectivity index (χ4v) is 3.88. The average molecular weight is 436 g/mol. The molecular formula is C21H16Cl2FNO2S. The summed E-state index contributed by atoms with van der Waals surface area (Å²) in [4.78, 5) is 12.2. The molecule has 3 rings (SSSR count). The van der Waals surface area contributed by atoms with E-state index in [-0.39, 0.29) is 22.9 Å². The van der Waals surface area contributed by atoms with Crippen LogP contribution in [0.2, 0.25) is 10.0 Å². The van der Waals surface area contributed by atoms with Crippen molar-refractivity contribution >= 4 is 46.8 Å². The summed E-state index contributed by atoms with van der Waals surface area (Å²) in [7, 11) is 0. The van der Waals surface area contributed by atoms with Crippen molar-refractivity contribution in [3.05, 3.63) is 76.5 Å². The van der Waals surface area contributed by atoms with Gasteiger partial charge in [-0.05, 0) is 47.3 Å². The minimum atomic E-state index is -0.427. The molecule has 3 nitrogen and oxygen atoms in total. The van der Waals surface area contributed by atoms with E-state index < -0.39 is 11.8 Å². The third-order valence-corrected chi connectivity index (χ3v) is 5.17. The van der Waals surface area contributed by atoms with Crippen molar-refractivity contribution < 1.29 is 13.9 Å². The Kier molecular flexibility index (Phi) is 6.83. The molecule has 144 valence electrons. The van der Waals surface area contributed by atoms with E-state index in [4.69, 9.17) is 27.9 Å². The maximum absolute atomic E-state index is 14.3. The molecule has 28 heavy (non-hydrogen) atoms. The Bertz CT molecular complexity index is 999. The van der Waals surface area contributed by atoms with Gasteiger partial charge in [-0.15, -0.1) is 0 Å². The van der Waals surface area contributed by atoms with Crippen LogP contribution in [-0.4, -0.2) is 5.97 Å². The lowest BCUT2D eigenvalue weighted by Crippen LogP contribution is -2.07. The van der Waals surface area contributed by atoms with E-state index in [9.17, 15) is 9.18 Å². The molecule has 0 saturated heterocycles. The Morgan fingerprint density at radius 2 is 1.82 bits per heavy atom. The van der Waals surface area contributed by atoms with Gasteiger partial charge < -0.3 is 9.46 Å². The fourth-order valence-electron chi connectivity index (χ4n) is 2.42. The van der Waals surface area contributed by atoms with Gasteiger partial charge in [0.1, 0.15) is 5.82 Å². The summed E-state index contributed by atoms with van der Waals surface area (Å²) in [5.41, 5.74) is 2.13. The predicted molar refractivity (Wildman–Crippen MR) is 114 cm³/mol. The maximum atomic E-state index is 14.3. The molecule has 0 unspecified atom stereocenters. The van der Waals surface area contributed by atoms with Gasteiger partial charge >= 0.3 is 5.97 Å². The van der Waals surface area contributed by atoms with Crippen molar-refractivity contribution in [2.24, 2.45) is 0 Å². The molecule has 0 aromatic heterocycles. The van der Waals surface area contributed by atoms with Gasteiger partial charge in [-0.3, -0.25) is 4.79 Å². The molecule has 0 radical (unpaired) electrons. The van der Waals surface area contributed by atoms with Crippen LogP contribution in [0, 0.1) is 5.82 Å². The molecule has 3 aromatic rings. The summed E-state index contributed by atoms with van der Waals surface area (Å²) >= 11 is 13.3. The van der Waals surface area contributed by atoms with Gasteiger partial charge in [0.05, 0.1) is 15.6 Å². The smallest absolute Gasteiger partial charge is 0.310 e. The van der Waals surface area contributed by atoms with E-state index in [2.05, 4.69) is 4.72 Å². The molecule has 0 atom stereocenters. The first kappa shape index (κ1) is 20.5. The normalized spacial score (nSPS) is 10.6. The second kappa shape index (κ2) is 9.32. The Labute approximate surface area is 176 Å². The van der Waals surface area contributed by atoms with Crippen LogP contribution in [0.1, 0.15) is 13.3 Å². The first-order valence-electron chi connectivity index (χ1n) is 8.45. The van der Waals surface area contributed by atoms with Crippen molar-refractivity contribution in [3.63, 3.8) is 0 Å². The molecule has 0 spiro atoms. The third kappa shape index (κ3) is 4.98. The average Bonchev–Trinajstić information content (AvgIpc) is 2.70. The summed E-state index contributed by atoms with van der Waals surface area (Å²) in [6.07, 6.45) is 0.199. The van der Waals surface area contributed by atoms with Crippen LogP contribution in [-0.2, 0) is 4.79 Å². The fraction of sp³-hybridized carbons (Fsp3) is 0.0952. The molecule has 0 amide bonds. The van der Waals surface area contributed by atoms with E-state index in [1.165, 1.54) is 12.1 Å². The lowest BCUT2D eigenvalue weighted by atomic mass is 10.1. The summed E-state index contributed by atoms with van der Waals surface area (Å²) in [5, 5.41) is 0.584. The van der Waals surface area contributed by atoms with Crippen LogP contribution >= 0.6 is 35.1 Å². The largest absolute Gasteiger partial charge is 0.424 e. The zero-order valence-electron chi connectivity index (χ0n) is 14.8. The molecule has 7 heteroatoms. The lowest BCUT2D eigenvalue weighted by Gasteiger charge is -2.14. The van der Waals surface area contributed by atoms with Gasteiger partial charge in [0.2, 0.25) is 0 Å². The van der Waals surface area contributed by atoms with Crippen molar-refractivity contribution in [2.45, 2.75) is 18.2 Å². The highest BCUT2D eigenvalue weighted by Crippen LogP contribution is 2.39. The molecule has 0 heterocycles. The van der Waals surface area contributed by atoms with Crippen molar-refractivity contribution in [1.82, 2.24) is 0 Å². The van der Waals surface area contributed by atoms with Gasteiger partial charge in [-0.2, -0.15) is 0 Å². The lowest BCUT2D eigenvalue weighted by molar-refractivity contribution is -0.134. The quantitative estimate of drug-likeness (QED) is 0.251. The number of halogens is 3. The monoisotopic (exact) mass is 435 g/mol. The Balaban J connectivity index is 1.87. The molecule has 0 fully saturated rings. The van der Waals surface area contributed by atoms with E-state index in [0.29, 0.717) is 9.92 Å². The number of benzene rings is 3. The van der Waals surface area contributed by atoms with Crippen LogP contribution in [0.25, 0.3) is 11.1 Å². The van der Waals surface area contributed by atoms with Crippen molar-refractivity contribution in [2.75, 3.05) is 4.72 Å². The number of esters is 1. The molecule has 0 aliphatic rings. The van der Waals surface area contributed by atoms with Crippen LogP contribution in [0.15, 0.2) is 65.6 Å². The Morgan fingerprint density at radius 3 is 2.54 bits per heavy atom. The standard InChI is InChI=1S/C21H16Cl2FNO2S/c1-2-20(26)27-21-16(23)11-15(22)12-19(21)28-25-18-10-14(8-9-17(18)24)13-6-4-3-5-7-13/h3-12,25H,2H2,1H3. The van der Waals surface area contributed by atoms with Gasteiger partial charge in [0.15, 0.2) is 5.75 Å². The number of carbonyl (C=O) groups excluding carboxylic acids is 1. The number of anilines is 1. The Morgan fingerprint density at radius 1 is 1.07 bits per heavy atom. The highest BCUT2D eigenvalue weighted by atomic mass is 35.5. The summed E-state index contributed by atoms with van der Waals surface area (Å²) in [6.45, 7) is 1.68. The number of ether oxygens (including phenoxy) is 1. The second-order valence-corrected chi connectivity index (χ2v) is 7.50. The molecule has 0 bridgehead atoms. The second-order valence-electron chi connectivity index (χ2n) is 5.81. The van der Waals surface area contributed by atoms with Crippen LogP contribution in [0.3, 0.4) is 0 Å². The Hall–Kier alpha value is -2.21. The molecule has 0 aliphatic heterocycles. The van der Waals surface area contributed by atoms with E-state index in [1.54, 1.807) is 25.1 Å². The topological polar surface area (TPSA) is 38.3 Å². The van der Waals surface area contributed by atoms with Crippen LogP contribution in [0.5, 0.6) is 5.75 Å². The van der Waals surface area contributed by atoms with Crippen LogP contribution < -0.4 is 9.46 Å². The third-order valence-electron chi connectivity index (χ3n) is 3.82. The minimum Gasteiger partial charge on any atom is -0.424 e.